The Morgan fingerprint density at radius 2 is 2.11 bits per heavy atom. The molecule has 7 heteroatoms. The Bertz CT molecular complexity index is 607. The number of hydrogen-bond acceptors (Lipinski definition) is 5. The number of aliphatic hydroxyl groups excluding tert-OH is 1. The standard InChI is InChI=1S/C11H14N4O3/c16-8-4-1-5-3-15(7(8)6(5)2-4)9-10(17)12-11(18)14-13-9/h4-8,16H,1-3H2,(H2,12,14,17,18). The predicted molar refractivity (Wildman–Crippen MR) is 62.3 cm³/mol. The van der Waals surface area contributed by atoms with Gasteiger partial charge in [0.15, 0.2) is 0 Å². The Morgan fingerprint density at radius 1 is 1.28 bits per heavy atom. The van der Waals surface area contributed by atoms with Crippen LogP contribution >= 0.6 is 0 Å². The number of nitrogens with zero attached hydrogens (tertiary/aromatic N) is 2. The topological polar surface area (TPSA) is 102 Å². The number of fused-ring (bicyclic) bond motifs is 1. The highest BCUT2D eigenvalue weighted by atomic mass is 16.3. The van der Waals surface area contributed by atoms with Gasteiger partial charge in [-0.3, -0.25) is 9.78 Å². The number of aromatic amines is 2. The van der Waals surface area contributed by atoms with Crippen LogP contribution in [0.15, 0.2) is 9.59 Å². The van der Waals surface area contributed by atoms with E-state index in [-0.39, 0.29) is 18.0 Å². The lowest BCUT2D eigenvalue weighted by Gasteiger charge is -2.28. The van der Waals surface area contributed by atoms with E-state index in [4.69, 9.17) is 0 Å². The molecular weight excluding hydrogens is 236 g/mol. The molecule has 2 bridgehead atoms. The number of hydrogen-bond donors (Lipinski definition) is 3. The number of aliphatic hydroxyl groups is 1. The first-order valence-corrected chi connectivity index (χ1v) is 6.29. The molecule has 1 aromatic rings. The van der Waals surface area contributed by atoms with E-state index >= 15 is 0 Å². The summed E-state index contributed by atoms with van der Waals surface area (Å²) in [6, 6.07) is -0.00625. The van der Waals surface area contributed by atoms with Crippen molar-refractivity contribution in [2.45, 2.75) is 25.0 Å². The van der Waals surface area contributed by atoms with Gasteiger partial charge in [0.25, 0.3) is 5.56 Å². The van der Waals surface area contributed by atoms with Crippen LogP contribution in [0.2, 0.25) is 0 Å². The molecule has 1 aromatic heterocycles. The molecule has 0 amide bonds. The third-order valence-corrected chi connectivity index (χ3v) is 4.81. The Morgan fingerprint density at radius 3 is 2.83 bits per heavy atom. The molecule has 7 nitrogen and oxygen atoms in total. The van der Waals surface area contributed by atoms with Gasteiger partial charge in [0, 0.05) is 6.54 Å². The highest BCUT2D eigenvalue weighted by Crippen LogP contribution is 2.55. The van der Waals surface area contributed by atoms with Gasteiger partial charge in [0.1, 0.15) is 0 Å². The first kappa shape index (κ1) is 10.3. The molecule has 3 fully saturated rings. The molecule has 4 rings (SSSR count). The number of H-pyrrole nitrogens is 2. The monoisotopic (exact) mass is 250 g/mol. The van der Waals surface area contributed by atoms with Gasteiger partial charge in [-0.05, 0) is 30.6 Å². The molecule has 0 radical (unpaired) electrons. The fourth-order valence-electron chi connectivity index (χ4n) is 4.19. The Balaban J connectivity index is 1.78. The van der Waals surface area contributed by atoms with Crippen molar-refractivity contribution in [3.05, 3.63) is 20.8 Å². The summed E-state index contributed by atoms with van der Waals surface area (Å²) in [5, 5.41) is 16.3. The number of anilines is 1. The van der Waals surface area contributed by atoms with Crippen molar-refractivity contribution in [3.8, 4) is 0 Å². The van der Waals surface area contributed by atoms with Crippen LogP contribution in [0.1, 0.15) is 12.8 Å². The summed E-state index contributed by atoms with van der Waals surface area (Å²) in [4.78, 5) is 26.8. The van der Waals surface area contributed by atoms with Gasteiger partial charge in [-0.25, -0.2) is 9.89 Å². The van der Waals surface area contributed by atoms with Crippen LogP contribution in [-0.2, 0) is 0 Å². The number of nitrogens with one attached hydrogen (secondary N) is 2. The second kappa shape index (κ2) is 3.23. The van der Waals surface area contributed by atoms with E-state index < -0.39 is 11.2 Å². The smallest absolute Gasteiger partial charge is 0.342 e. The molecular formula is C11H14N4O3. The minimum atomic E-state index is -0.601. The Hall–Kier alpha value is -1.63. The second-order valence-corrected chi connectivity index (χ2v) is 5.62. The molecule has 1 saturated heterocycles. The first-order chi connectivity index (χ1) is 8.65. The molecule has 3 N–H and O–H groups in total. The van der Waals surface area contributed by atoms with Crippen LogP contribution in [0.25, 0.3) is 0 Å². The van der Waals surface area contributed by atoms with Gasteiger partial charge in [0.2, 0.25) is 5.82 Å². The molecule has 18 heavy (non-hydrogen) atoms. The summed E-state index contributed by atoms with van der Waals surface area (Å²) in [6.45, 7) is 0.755. The fourth-order valence-corrected chi connectivity index (χ4v) is 4.19. The predicted octanol–water partition coefficient (Wildman–Crippen LogP) is -1.34. The van der Waals surface area contributed by atoms with E-state index in [1.54, 1.807) is 0 Å². The van der Waals surface area contributed by atoms with Crippen molar-refractivity contribution < 1.29 is 5.11 Å². The van der Waals surface area contributed by atoms with Gasteiger partial charge in [-0.15, -0.1) is 5.10 Å². The van der Waals surface area contributed by atoms with E-state index in [1.165, 1.54) is 0 Å². The Labute approximate surface area is 102 Å². The molecule has 5 atom stereocenters. The maximum absolute atomic E-state index is 11.8. The average molecular weight is 250 g/mol. The van der Waals surface area contributed by atoms with Crippen LogP contribution in [0.4, 0.5) is 5.82 Å². The van der Waals surface area contributed by atoms with Crippen molar-refractivity contribution >= 4 is 5.82 Å². The van der Waals surface area contributed by atoms with E-state index in [0.29, 0.717) is 17.8 Å². The van der Waals surface area contributed by atoms with Crippen molar-refractivity contribution in [1.82, 2.24) is 15.2 Å². The maximum Gasteiger partial charge on any atom is 0.342 e. The SMILES string of the molecule is O=c1[nH]nc(N2CC3CC4CC3C2C4O)c(=O)[nH]1. The Kier molecular flexibility index (Phi) is 1.85. The minimum absolute atomic E-state index is 0.00625. The molecule has 2 saturated carbocycles. The third kappa shape index (κ3) is 1.14. The molecule has 1 aliphatic heterocycles. The summed E-state index contributed by atoms with van der Waals surface area (Å²) in [6.07, 6.45) is 1.72. The molecule has 96 valence electrons. The van der Waals surface area contributed by atoms with Crippen LogP contribution in [0.3, 0.4) is 0 Å². The molecule has 0 spiro atoms. The molecule has 5 unspecified atom stereocenters. The molecule has 3 aliphatic rings. The quantitative estimate of drug-likeness (QED) is 0.573. The van der Waals surface area contributed by atoms with Crippen molar-refractivity contribution in [2.75, 3.05) is 11.4 Å². The lowest BCUT2D eigenvalue weighted by Crippen LogP contribution is -2.44. The van der Waals surface area contributed by atoms with Gasteiger partial charge in [-0.1, -0.05) is 0 Å². The van der Waals surface area contributed by atoms with Crippen LogP contribution < -0.4 is 16.1 Å². The van der Waals surface area contributed by atoms with E-state index in [9.17, 15) is 14.7 Å². The number of rotatable bonds is 1. The molecule has 2 heterocycles. The summed E-state index contributed by atoms with van der Waals surface area (Å²) in [5.74, 6) is 1.63. The van der Waals surface area contributed by atoms with Crippen LogP contribution in [0.5, 0.6) is 0 Å². The highest BCUT2D eigenvalue weighted by molar-refractivity contribution is 5.42. The summed E-state index contributed by atoms with van der Waals surface area (Å²) >= 11 is 0. The molecule has 0 aromatic carbocycles. The second-order valence-electron chi connectivity index (χ2n) is 5.62. The number of aromatic nitrogens is 3. The normalized spacial score (nSPS) is 40.7. The third-order valence-electron chi connectivity index (χ3n) is 4.81. The maximum atomic E-state index is 11.8. The van der Waals surface area contributed by atoms with Gasteiger partial charge in [-0.2, -0.15) is 0 Å². The van der Waals surface area contributed by atoms with Crippen molar-refractivity contribution in [3.63, 3.8) is 0 Å². The van der Waals surface area contributed by atoms with Crippen LogP contribution in [0, 0.1) is 17.8 Å². The van der Waals surface area contributed by atoms with Gasteiger partial charge >= 0.3 is 5.69 Å². The lowest BCUT2D eigenvalue weighted by molar-refractivity contribution is 0.0964. The summed E-state index contributed by atoms with van der Waals surface area (Å²) in [5.41, 5.74) is -1.08. The van der Waals surface area contributed by atoms with E-state index in [1.807, 2.05) is 4.90 Å². The van der Waals surface area contributed by atoms with Crippen LogP contribution in [-0.4, -0.2) is 39.0 Å². The minimum Gasteiger partial charge on any atom is -0.391 e. The zero-order valence-electron chi connectivity index (χ0n) is 9.67. The van der Waals surface area contributed by atoms with Crippen molar-refractivity contribution in [1.29, 1.82) is 0 Å². The van der Waals surface area contributed by atoms with Gasteiger partial charge in [0.05, 0.1) is 12.1 Å². The van der Waals surface area contributed by atoms with Gasteiger partial charge < -0.3 is 10.0 Å². The zero-order valence-corrected chi connectivity index (χ0v) is 9.67. The summed E-state index contributed by atoms with van der Waals surface area (Å²) in [7, 11) is 0. The molecule has 2 aliphatic carbocycles. The van der Waals surface area contributed by atoms with E-state index in [0.717, 1.165) is 19.4 Å². The largest absolute Gasteiger partial charge is 0.391 e. The summed E-state index contributed by atoms with van der Waals surface area (Å²) < 4.78 is 0. The van der Waals surface area contributed by atoms with Crippen molar-refractivity contribution in [2.24, 2.45) is 17.8 Å². The average Bonchev–Trinajstić information content (AvgIpc) is 2.90. The van der Waals surface area contributed by atoms with E-state index in [2.05, 4.69) is 15.2 Å². The fraction of sp³-hybridized carbons (Fsp3) is 0.727. The first-order valence-electron chi connectivity index (χ1n) is 6.29. The lowest BCUT2D eigenvalue weighted by atomic mass is 9.88. The zero-order chi connectivity index (χ0) is 12.4. The highest BCUT2D eigenvalue weighted by Gasteiger charge is 2.59.